The fourth-order valence-electron chi connectivity index (χ4n) is 1.86. The van der Waals surface area contributed by atoms with Crippen molar-refractivity contribution in [2.45, 2.75) is 33.2 Å². The maximum absolute atomic E-state index is 13.7. The van der Waals surface area contributed by atoms with Crippen molar-refractivity contribution in [3.05, 3.63) is 40.4 Å². The molecule has 2 aromatic rings. The first-order valence-corrected chi connectivity index (χ1v) is 7.31. The zero-order valence-corrected chi connectivity index (χ0v) is 12.5. The van der Waals surface area contributed by atoms with Crippen molar-refractivity contribution >= 4 is 16.5 Å². The average Bonchev–Trinajstić information content (AvgIpc) is 2.75. The van der Waals surface area contributed by atoms with Crippen molar-refractivity contribution in [2.24, 2.45) is 5.92 Å². The highest BCUT2D eigenvalue weighted by atomic mass is 32.1. The molecule has 0 aliphatic rings. The molecule has 0 spiro atoms. The van der Waals surface area contributed by atoms with E-state index < -0.39 is 11.6 Å². The second kappa shape index (κ2) is 6.26. The highest BCUT2D eigenvalue weighted by Gasteiger charge is 2.14. The molecule has 0 fully saturated rings. The van der Waals surface area contributed by atoms with Gasteiger partial charge in [0.05, 0.1) is 6.04 Å². The molecule has 1 heterocycles. The standard InChI is InChI=1S/C14H17F2N3S/c1-8(2)6-13-18-19-14(20-13)17-9(3)11-5-4-10(15)7-12(11)16/h4-5,7-9H,6H2,1-3H3,(H,17,19). The number of nitrogens with zero attached hydrogens (tertiary/aromatic N) is 2. The molecule has 0 aliphatic heterocycles. The Morgan fingerprint density at radius 2 is 1.95 bits per heavy atom. The van der Waals surface area contributed by atoms with Gasteiger partial charge in [0.1, 0.15) is 16.6 Å². The Balaban J connectivity index is 2.07. The van der Waals surface area contributed by atoms with Crippen LogP contribution in [0.1, 0.15) is 37.4 Å². The van der Waals surface area contributed by atoms with Crippen LogP contribution in [0.2, 0.25) is 0 Å². The van der Waals surface area contributed by atoms with Gasteiger partial charge in [-0.3, -0.25) is 0 Å². The summed E-state index contributed by atoms with van der Waals surface area (Å²) in [4.78, 5) is 0. The van der Waals surface area contributed by atoms with E-state index in [0.717, 1.165) is 17.5 Å². The molecule has 1 aromatic heterocycles. The van der Waals surface area contributed by atoms with Crippen LogP contribution in [0.5, 0.6) is 0 Å². The second-order valence-corrected chi connectivity index (χ2v) is 6.19. The lowest BCUT2D eigenvalue weighted by molar-refractivity contribution is 0.566. The Morgan fingerprint density at radius 3 is 2.60 bits per heavy atom. The van der Waals surface area contributed by atoms with E-state index in [4.69, 9.17) is 0 Å². The van der Waals surface area contributed by atoms with Crippen LogP contribution in [-0.2, 0) is 6.42 Å². The van der Waals surface area contributed by atoms with Gasteiger partial charge in [-0.05, 0) is 18.9 Å². The van der Waals surface area contributed by atoms with E-state index in [2.05, 4.69) is 29.4 Å². The Labute approximate surface area is 121 Å². The number of rotatable bonds is 5. The molecule has 0 radical (unpaired) electrons. The molecule has 6 heteroatoms. The third kappa shape index (κ3) is 3.72. The van der Waals surface area contributed by atoms with Crippen molar-refractivity contribution in [3.63, 3.8) is 0 Å². The van der Waals surface area contributed by atoms with Gasteiger partial charge in [-0.15, -0.1) is 10.2 Å². The summed E-state index contributed by atoms with van der Waals surface area (Å²) in [5, 5.41) is 12.8. The third-order valence-electron chi connectivity index (χ3n) is 2.82. The molecule has 108 valence electrons. The number of aromatic nitrogens is 2. The van der Waals surface area contributed by atoms with Crippen LogP contribution in [0.3, 0.4) is 0 Å². The Bertz CT molecular complexity index is 584. The summed E-state index contributed by atoms with van der Waals surface area (Å²) in [6.45, 7) is 6.04. The summed E-state index contributed by atoms with van der Waals surface area (Å²) in [5.41, 5.74) is 0.409. The molecule has 1 N–H and O–H groups in total. The summed E-state index contributed by atoms with van der Waals surface area (Å²) >= 11 is 1.46. The minimum atomic E-state index is -0.575. The van der Waals surface area contributed by atoms with Gasteiger partial charge in [-0.2, -0.15) is 0 Å². The predicted octanol–water partition coefficient (Wildman–Crippen LogP) is 4.19. The number of hydrogen-bond donors (Lipinski definition) is 1. The number of hydrogen-bond acceptors (Lipinski definition) is 4. The number of benzene rings is 1. The van der Waals surface area contributed by atoms with Gasteiger partial charge in [-0.1, -0.05) is 31.3 Å². The lowest BCUT2D eigenvalue weighted by atomic mass is 10.1. The fraction of sp³-hybridized carbons (Fsp3) is 0.429. The van der Waals surface area contributed by atoms with Crippen LogP contribution < -0.4 is 5.32 Å². The van der Waals surface area contributed by atoms with E-state index in [1.165, 1.54) is 23.5 Å². The topological polar surface area (TPSA) is 37.8 Å². The van der Waals surface area contributed by atoms with E-state index in [0.29, 0.717) is 16.6 Å². The van der Waals surface area contributed by atoms with Crippen molar-refractivity contribution in [2.75, 3.05) is 5.32 Å². The van der Waals surface area contributed by atoms with Gasteiger partial charge in [0, 0.05) is 18.1 Å². The quantitative estimate of drug-likeness (QED) is 0.899. The lowest BCUT2D eigenvalue weighted by Gasteiger charge is -2.13. The molecule has 0 amide bonds. The maximum atomic E-state index is 13.7. The molecule has 1 aromatic carbocycles. The van der Waals surface area contributed by atoms with E-state index in [1.54, 1.807) is 6.92 Å². The van der Waals surface area contributed by atoms with Crippen molar-refractivity contribution in [1.82, 2.24) is 10.2 Å². The third-order valence-corrected chi connectivity index (χ3v) is 3.70. The smallest absolute Gasteiger partial charge is 0.206 e. The molecule has 1 atom stereocenters. The van der Waals surface area contributed by atoms with Gasteiger partial charge in [0.2, 0.25) is 5.13 Å². The molecule has 0 saturated carbocycles. The molecule has 0 bridgehead atoms. The van der Waals surface area contributed by atoms with Crippen LogP contribution in [0, 0.1) is 17.6 Å². The monoisotopic (exact) mass is 297 g/mol. The Kier molecular flexibility index (Phi) is 4.65. The minimum Gasteiger partial charge on any atom is -0.353 e. The lowest BCUT2D eigenvalue weighted by Crippen LogP contribution is -2.08. The average molecular weight is 297 g/mol. The molecular weight excluding hydrogens is 280 g/mol. The largest absolute Gasteiger partial charge is 0.353 e. The maximum Gasteiger partial charge on any atom is 0.206 e. The van der Waals surface area contributed by atoms with Gasteiger partial charge in [0.25, 0.3) is 0 Å². The second-order valence-electron chi connectivity index (χ2n) is 5.13. The predicted molar refractivity (Wildman–Crippen MR) is 76.8 cm³/mol. The summed E-state index contributed by atoms with van der Waals surface area (Å²) in [7, 11) is 0. The number of anilines is 1. The van der Waals surface area contributed by atoms with E-state index in [-0.39, 0.29) is 6.04 Å². The molecule has 3 nitrogen and oxygen atoms in total. The normalized spacial score (nSPS) is 12.7. The Morgan fingerprint density at radius 1 is 1.20 bits per heavy atom. The summed E-state index contributed by atoms with van der Waals surface area (Å²) in [6, 6.07) is 3.28. The molecular formula is C14H17F2N3S. The summed E-state index contributed by atoms with van der Waals surface area (Å²) in [6.07, 6.45) is 0.874. The van der Waals surface area contributed by atoms with Crippen LogP contribution in [-0.4, -0.2) is 10.2 Å². The summed E-state index contributed by atoms with van der Waals surface area (Å²) < 4.78 is 26.6. The highest BCUT2D eigenvalue weighted by Crippen LogP contribution is 2.25. The van der Waals surface area contributed by atoms with Gasteiger partial charge < -0.3 is 5.32 Å². The first kappa shape index (κ1) is 14.8. The molecule has 0 aliphatic carbocycles. The molecule has 20 heavy (non-hydrogen) atoms. The molecule has 0 saturated heterocycles. The van der Waals surface area contributed by atoms with Gasteiger partial charge in [-0.25, -0.2) is 8.78 Å². The van der Waals surface area contributed by atoms with Gasteiger partial charge in [0.15, 0.2) is 0 Å². The molecule has 2 rings (SSSR count). The fourth-order valence-corrected chi connectivity index (χ4v) is 2.90. The summed E-state index contributed by atoms with van der Waals surface area (Å²) in [5.74, 6) is -0.617. The van der Waals surface area contributed by atoms with E-state index >= 15 is 0 Å². The van der Waals surface area contributed by atoms with Crippen molar-refractivity contribution < 1.29 is 8.78 Å². The zero-order chi connectivity index (χ0) is 14.7. The van der Waals surface area contributed by atoms with Crippen LogP contribution >= 0.6 is 11.3 Å². The van der Waals surface area contributed by atoms with E-state index in [9.17, 15) is 8.78 Å². The first-order chi connectivity index (χ1) is 9.45. The highest BCUT2D eigenvalue weighted by molar-refractivity contribution is 7.15. The van der Waals surface area contributed by atoms with Crippen LogP contribution in [0.15, 0.2) is 18.2 Å². The van der Waals surface area contributed by atoms with E-state index in [1.807, 2.05) is 0 Å². The SMILES string of the molecule is CC(C)Cc1nnc(NC(C)c2ccc(F)cc2F)s1. The number of nitrogens with one attached hydrogen (secondary N) is 1. The van der Waals surface area contributed by atoms with Gasteiger partial charge >= 0.3 is 0 Å². The van der Waals surface area contributed by atoms with Crippen molar-refractivity contribution in [1.29, 1.82) is 0 Å². The molecule has 1 unspecified atom stereocenters. The van der Waals surface area contributed by atoms with Crippen LogP contribution in [0.25, 0.3) is 0 Å². The minimum absolute atomic E-state index is 0.296. The zero-order valence-electron chi connectivity index (χ0n) is 11.7. The van der Waals surface area contributed by atoms with Crippen molar-refractivity contribution in [3.8, 4) is 0 Å². The van der Waals surface area contributed by atoms with Crippen LogP contribution in [0.4, 0.5) is 13.9 Å². The first-order valence-electron chi connectivity index (χ1n) is 6.49. The number of halogens is 2. The Hall–Kier alpha value is -1.56.